The molecule has 2 nitrogen and oxygen atoms in total. The first-order chi connectivity index (χ1) is 29.2. The first-order valence-corrected chi connectivity index (χ1v) is 20.5. The van der Waals surface area contributed by atoms with Crippen LogP contribution in [-0.2, 0) is 10.8 Å². The molecule has 59 heavy (non-hydrogen) atoms. The molecule has 0 unspecified atom stereocenters. The summed E-state index contributed by atoms with van der Waals surface area (Å²) in [6.07, 6.45) is 0. The molecule has 2 aliphatic rings. The van der Waals surface area contributed by atoms with Crippen LogP contribution in [0.15, 0.2) is 223 Å². The number of anilines is 3. The van der Waals surface area contributed by atoms with Crippen LogP contribution >= 0.6 is 0 Å². The monoisotopic (exact) mass is 753 g/mol. The van der Waals surface area contributed by atoms with Crippen LogP contribution in [0, 0.1) is 0 Å². The zero-order valence-corrected chi connectivity index (χ0v) is 32.6. The van der Waals surface area contributed by atoms with Crippen molar-refractivity contribution >= 4 is 39.0 Å². The van der Waals surface area contributed by atoms with Crippen molar-refractivity contribution < 1.29 is 4.42 Å². The van der Waals surface area contributed by atoms with Crippen molar-refractivity contribution in [2.75, 3.05) is 4.90 Å². The Labute approximate surface area is 344 Å². The summed E-state index contributed by atoms with van der Waals surface area (Å²) < 4.78 is 6.94. The Balaban J connectivity index is 1.07. The van der Waals surface area contributed by atoms with E-state index in [-0.39, 0.29) is 5.41 Å². The number of hydrogen-bond acceptors (Lipinski definition) is 2. The molecule has 0 fully saturated rings. The Hall–Kier alpha value is -7.42. The summed E-state index contributed by atoms with van der Waals surface area (Å²) in [4.78, 5) is 2.40. The molecule has 10 aromatic rings. The summed E-state index contributed by atoms with van der Waals surface area (Å²) in [6.45, 7) is 2.36. The molecule has 2 heteroatoms. The average Bonchev–Trinajstić information content (AvgIpc) is 3.92. The highest BCUT2D eigenvalue weighted by Gasteiger charge is 2.46. The van der Waals surface area contributed by atoms with Gasteiger partial charge in [0.05, 0.1) is 5.41 Å². The van der Waals surface area contributed by atoms with E-state index in [9.17, 15) is 0 Å². The number of hydrogen-bond donors (Lipinski definition) is 0. The number of furan rings is 1. The maximum absolute atomic E-state index is 6.94. The largest absolute Gasteiger partial charge is 0.456 e. The van der Waals surface area contributed by atoms with Crippen LogP contribution in [0.1, 0.15) is 45.9 Å². The Bertz CT molecular complexity index is 3150. The molecule has 0 saturated carbocycles. The van der Waals surface area contributed by atoms with E-state index in [0.717, 1.165) is 39.0 Å². The van der Waals surface area contributed by atoms with Gasteiger partial charge in [0.15, 0.2) is 0 Å². The molecule has 1 aromatic heterocycles. The molecule has 278 valence electrons. The van der Waals surface area contributed by atoms with E-state index in [1.165, 1.54) is 61.2 Å². The van der Waals surface area contributed by atoms with Gasteiger partial charge in [0.25, 0.3) is 0 Å². The summed E-state index contributed by atoms with van der Waals surface area (Å²) in [6, 6.07) is 79.9. The molecule has 0 spiro atoms. The summed E-state index contributed by atoms with van der Waals surface area (Å²) in [5.41, 5.74) is 18.2. The van der Waals surface area contributed by atoms with E-state index in [1.54, 1.807) is 0 Å². The van der Waals surface area contributed by atoms with Gasteiger partial charge in [-0.05, 0) is 105 Å². The van der Waals surface area contributed by atoms with Crippen LogP contribution in [0.4, 0.5) is 17.1 Å². The minimum absolute atomic E-state index is 0.370. The lowest BCUT2D eigenvalue weighted by atomic mass is 9.67. The van der Waals surface area contributed by atoms with Gasteiger partial charge in [0.1, 0.15) is 11.2 Å². The Morgan fingerprint density at radius 1 is 0.356 bits per heavy atom. The fourth-order valence-corrected chi connectivity index (χ4v) is 10.7. The lowest BCUT2D eigenvalue weighted by Gasteiger charge is -2.35. The SMILES string of the molecule is CC1(c2cccc3c2oc2ccc(N(c4ccccc4)c4ccc5c(c4)C(c4ccccc4)(c4ccccc4)c4ccccc4-5)cc23)c2ccccc2-c2ccccc21. The van der Waals surface area contributed by atoms with Gasteiger partial charge in [-0.3, -0.25) is 0 Å². The molecule has 0 radical (unpaired) electrons. The number of fused-ring (bicyclic) bond motifs is 9. The summed E-state index contributed by atoms with van der Waals surface area (Å²) in [5.74, 6) is 0. The fourth-order valence-electron chi connectivity index (χ4n) is 10.7. The summed E-state index contributed by atoms with van der Waals surface area (Å²) in [5, 5.41) is 2.21. The van der Waals surface area contributed by atoms with E-state index in [4.69, 9.17) is 4.42 Å². The first kappa shape index (κ1) is 33.7. The van der Waals surface area contributed by atoms with Gasteiger partial charge < -0.3 is 9.32 Å². The zero-order chi connectivity index (χ0) is 39.1. The van der Waals surface area contributed by atoms with Crippen LogP contribution in [-0.4, -0.2) is 0 Å². The minimum Gasteiger partial charge on any atom is -0.456 e. The van der Waals surface area contributed by atoms with Gasteiger partial charge in [0, 0.05) is 38.8 Å². The van der Waals surface area contributed by atoms with Crippen molar-refractivity contribution in [2.45, 2.75) is 17.8 Å². The molecular weight excluding hydrogens is 715 g/mol. The molecule has 9 aromatic carbocycles. The van der Waals surface area contributed by atoms with Gasteiger partial charge in [-0.25, -0.2) is 0 Å². The lowest BCUT2D eigenvalue weighted by Crippen LogP contribution is -2.28. The topological polar surface area (TPSA) is 16.4 Å². The zero-order valence-electron chi connectivity index (χ0n) is 32.6. The van der Waals surface area contributed by atoms with Gasteiger partial charge >= 0.3 is 0 Å². The van der Waals surface area contributed by atoms with E-state index >= 15 is 0 Å². The molecular formula is C57H39NO. The highest BCUT2D eigenvalue weighted by Crippen LogP contribution is 2.58. The maximum Gasteiger partial charge on any atom is 0.139 e. The Morgan fingerprint density at radius 2 is 0.847 bits per heavy atom. The van der Waals surface area contributed by atoms with Crippen molar-refractivity contribution in [1.82, 2.24) is 0 Å². The Morgan fingerprint density at radius 3 is 1.49 bits per heavy atom. The smallest absolute Gasteiger partial charge is 0.139 e. The van der Waals surface area contributed by atoms with Gasteiger partial charge in [0.2, 0.25) is 0 Å². The number of rotatable bonds is 6. The van der Waals surface area contributed by atoms with Crippen molar-refractivity contribution in [3.05, 3.63) is 257 Å². The highest BCUT2D eigenvalue weighted by atomic mass is 16.3. The Kier molecular flexibility index (Phi) is 7.31. The molecule has 0 saturated heterocycles. The number of benzene rings is 9. The summed E-state index contributed by atoms with van der Waals surface area (Å²) in [7, 11) is 0. The molecule has 0 aliphatic heterocycles. The van der Waals surface area contributed by atoms with Gasteiger partial charge in [-0.2, -0.15) is 0 Å². The molecule has 0 N–H and O–H groups in total. The third-order valence-electron chi connectivity index (χ3n) is 13.2. The first-order valence-electron chi connectivity index (χ1n) is 20.5. The van der Waals surface area contributed by atoms with Gasteiger partial charge in [-0.1, -0.05) is 176 Å². The van der Waals surface area contributed by atoms with Crippen LogP contribution in [0.2, 0.25) is 0 Å². The average molecular weight is 754 g/mol. The van der Waals surface area contributed by atoms with Crippen molar-refractivity contribution in [2.24, 2.45) is 0 Å². The second kappa shape index (κ2) is 12.8. The third kappa shape index (κ3) is 4.69. The minimum atomic E-state index is -0.498. The lowest BCUT2D eigenvalue weighted by molar-refractivity contribution is 0.638. The van der Waals surface area contributed by atoms with E-state index in [2.05, 4.69) is 230 Å². The third-order valence-corrected chi connectivity index (χ3v) is 13.2. The predicted octanol–water partition coefficient (Wildman–Crippen LogP) is 14.8. The van der Waals surface area contributed by atoms with Crippen LogP contribution in [0.25, 0.3) is 44.2 Å². The molecule has 2 aliphatic carbocycles. The molecule has 0 amide bonds. The number of nitrogens with zero attached hydrogens (tertiary/aromatic N) is 1. The van der Waals surface area contributed by atoms with Crippen LogP contribution < -0.4 is 4.90 Å². The normalized spacial score (nSPS) is 14.1. The van der Waals surface area contributed by atoms with Crippen molar-refractivity contribution in [3.63, 3.8) is 0 Å². The van der Waals surface area contributed by atoms with E-state index in [1.807, 2.05) is 0 Å². The fraction of sp³-hybridized carbons (Fsp3) is 0.0526. The standard InChI is InChI=1S/C57H39NO/c1-56(49-28-14-11-24-43(49)44-25-12-15-29-50(44)56)52-31-17-27-47-48-36-41(33-35-54(48)59-55(47)52)58(40-22-9-4-10-23-40)42-32-34-46-45-26-13-16-30-51(45)57(53(46)37-42,38-18-5-2-6-19-38)39-20-7-3-8-21-39/h2-37H,1H3. The second-order valence-electron chi connectivity index (χ2n) is 16.1. The van der Waals surface area contributed by atoms with E-state index in [0.29, 0.717) is 0 Å². The molecule has 12 rings (SSSR count). The highest BCUT2D eigenvalue weighted by molar-refractivity contribution is 6.08. The van der Waals surface area contributed by atoms with Crippen molar-refractivity contribution in [3.8, 4) is 22.3 Å². The molecule has 1 heterocycles. The predicted molar refractivity (Wildman–Crippen MR) is 243 cm³/mol. The van der Waals surface area contributed by atoms with Crippen LogP contribution in [0.5, 0.6) is 0 Å². The van der Waals surface area contributed by atoms with Crippen LogP contribution in [0.3, 0.4) is 0 Å². The second-order valence-corrected chi connectivity index (χ2v) is 16.1. The quantitative estimate of drug-likeness (QED) is 0.168. The van der Waals surface area contributed by atoms with Crippen molar-refractivity contribution in [1.29, 1.82) is 0 Å². The summed E-state index contributed by atoms with van der Waals surface area (Å²) >= 11 is 0. The molecule has 0 bridgehead atoms. The maximum atomic E-state index is 6.94. The van der Waals surface area contributed by atoms with Gasteiger partial charge in [-0.15, -0.1) is 0 Å². The number of para-hydroxylation sites is 2. The van der Waals surface area contributed by atoms with E-state index < -0.39 is 5.41 Å². The molecule has 0 atom stereocenters.